The number of alkyl halides is 2. The van der Waals surface area contributed by atoms with E-state index in [1.54, 1.807) is 6.92 Å². The highest BCUT2D eigenvalue weighted by atomic mass is 19.3. The summed E-state index contributed by atoms with van der Waals surface area (Å²) in [4.78, 5) is 15.3. The number of rotatable bonds is 5. The summed E-state index contributed by atoms with van der Waals surface area (Å²) in [5.74, 6) is -0.542. The molecule has 1 aromatic rings. The second-order valence-electron chi connectivity index (χ2n) is 3.75. The van der Waals surface area contributed by atoms with Gasteiger partial charge in [0.25, 0.3) is 6.43 Å². The minimum absolute atomic E-state index is 0.0573. The van der Waals surface area contributed by atoms with Gasteiger partial charge in [0.2, 0.25) is 0 Å². The van der Waals surface area contributed by atoms with Crippen LogP contribution in [0, 0.1) is 6.92 Å². The standard InChI is InChI=1S/C12H16F2N2O2/c1-3-18-10(17)4-9-8(5-15)6-16-7(2)11(9)12(13)14/h6,12H,3-5,15H2,1-2H3. The van der Waals surface area contributed by atoms with Crippen LogP contribution >= 0.6 is 0 Å². The second kappa shape index (κ2) is 6.39. The number of carbonyl (C=O) groups excluding carboxylic acids is 1. The van der Waals surface area contributed by atoms with E-state index < -0.39 is 12.4 Å². The molecule has 0 spiro atoms. The van der Waals surface area contributed by atoms with Gasteiger partial charge in [0.1, 0.15) is 0 Å². The SMILES string of the molecule is CCOC(=O)Cc1c(CN)cnc(C)c1C(F)F. The quantitative estimate of drug-likeness (QED) is 0.819. The Morgan fingerprint density at radius 3 is 2.72 bits per heavy atom. The lowest BCUT2D eigenvalue weighted by Crippen LogP contribution is -2.15. The van der Waals surface area contributed by atoms with E-state index in [1.807, 2.05) is 0 Å². The Kier molecular flexibility index (Phi) is 5.15. The van der Waals surface area contributed by atoms with Gasteiger partial charge in [-0.05, 0) is 25.0 Å². The van der Waals surface area contributed by atoms with Crippen molar-refractivity contribution in [1.29, 1.82) is 0 Å². The number of pyridine rings is 1. The Balaban J connectivity index is 3.19. The van der Waals surface area contributed by atoms with Gasteiger partial charge in [-0.15, -0.1) is 0 Å². The molecule has 2 N–H and O–H groups in total. The van der Waals surface area contributed by atoms with Crippen LogP contribution in [-0.4, -0.2) is 17.6 Å². The van der Waals surface area contributed by atoms with Gasteiger partial charge in [0.05, 0.1) is 13.0 Å². The molecule has 0 saturated carbocycles. The summed E-state index contributed by atoms with van der Waals surface area (Å²) in [6.07, 6.45) is -1.47. The molecule has 6 heteroatoms. The summed E-state index contributed by atoms with van der Waals surface area (Å²) >= 11 is 0. The largest absolute Gasteiger partial charge is 0.466 e. The molecule has 0 radical (unpaired) electrons. The van der Waals surface area contributed by atoms with Crippen molar-refractivity contribution in [3.05, 3.63) is 28.6 Å². The first-order valence-corrected chi connectivity index (χ1v) is 5.62. The number of esters is 1. The van der Waals surface area contributed by atoms with E-state index in [-0.39, 0.29) is 36.4 Å². The first kappa shape index (κ1) is 14.5. The molecular weight excluding hydrogens is 242 g/mol. The van der Waals surface area contributed by atoms with E-state index in [0.717, 1.165) is 0 Å². The molecule has 1 aromatic heterocycles. The molecule has 0 bridgehead atoms. The summed E-state index contributed by atoms with van der Waals surface area (Å²) in [7, 11) is 0. The van der Waals surface area contributed by atoms with E-state index in [9.17, 15) is 13.6 Å². The van der Waals surface area contributed by atoms with Gasteiger partial charge in [-0.1, -0.05) is 0 Å². The molecule has 0 unspecified atom stereocenters. The minimum atomic E-state index is -2.69. The van der Waals surface area contributed by atoms with Gasteiger partial charge in [-0.25, -0.2) is 8.78 Å². The molecular formula is C12H16F2N2O2. The van der Waals surface area contributed by atoms with Crippen molar-refractivity contribution in [2.45, 2.75) is 33.2 Å². The third kappa shape index (κ3) is 3.22. The molecule has 0 saturated heterocycles. The molecule has 0 aliphatic heterocycles. The predicted octanol–water partition coefficient (Wildman–Crippen LogP) is 1.89. The number of aromatic nitrogens is 1. The third-order valence-electron chi connectivity index (χ3n) is 2.58. The zero-order valence-electron chi connectivity index (χ0n) is 10.4. The minimum Gasteiger partial charge on any atom is -0.466 e. The van der Waals surface area contributed by atoms with Gasteiger partial charge >= 0.3 is 5.97 Å². The van der Waals surface area contributed by atoms with E-state index in [4.69, 9.17) is 10.5 Å². The van der Waals surface area contributed by atoms with E-state index in [0.29, 0.717) is 5.56 Å². The second-order valence-corrected chi connectivity index (χ2v) is 3.75. The maximum atomic E-state index is 13.0. The number of nitrogens with two attached hydrogens (primary N) is 1. The smallest absolute Gasteiger partial charge is 0.310 e. The molecule has 100 valence electrons. The Morgan fingerprint density at radius 2 is 2.22 bits per heavy atom. The zero-order chi connectivity index (χ0) is 13.7. The lowest BCUT2D eigenvalue weighted by atomic mass is 9.99. The number of hydrogen-bond acceptors (Lipinski definition) is 4. The van der Waals surface area contributed by atoms with Gasteiger partial charge in [-0.3, -0.25) is 9.78 Å². The highest BCUT2D eigenvalue weighted by Crippen LogP contribution is 2.28. The lowest BCUT2D eigenvalue weighted by molar-refractivity contribution is -0.142. The Bertz CT molecular complexity index is 436. The normalized spacial score (nSPS) is 10.8. The topological polar surface area (TPSA) is 65.2 Å². The van der Waals surface area contributed by atoms with Crippen molar-refractivity contribution in [1.82, 2.24) is 4.98 Å². The van der Waals surface area contributed by atoms with Crippen LogP contribution in [0.3, 0.4) is 0 Å². The molecule has 0 amide bonds. The maximum Gasteiger partial charge on any atom is 0.310 e. The number of carbonyl (C=O) groups is 1. The van der Waals surface area contributed by atoms with Crippen molar-refractivity contribution in [2.24, 2.45) is 5.73 Å². The zero-order valence-corrected chi connectivity index (χ0v) is 10.4. The van der Waals surface area contributed by atoms with E-state index in [1.165, 1.54) is 13.1 Å². The van der Waals surface area contributed by atoms with Gasteiger partial charge in [-0.2, -0.15) is 0 Å². The highest BCUT2D eigenvalue weighted by Gasteiger charge is 2.21. The molecule has 0 aromatic carbocycles. The van der Waals surface area contributed by atoms with Gasteiger partial charge in [0, 0.05) is 24.0 Å². The van der Waals surface area contributed by atoms with Crippen LogP contribution in [0.4, 0.5) is 8.78 Å². The average molecular weight is 258 g/mol. The Labute approximate surface area is 104 Å². The van der Waals surface area contributed by atoms with Crippen molar-refractivity contribution >= 4 is 5.97 Å². The fourth-order valence-electron chi connectivity index (χ4n) is 1.74. The van der Waals surface area contributed by atoms with Crippen molar-refractivity contribution in [3.63, 3.8) is 0 Å². The number of halogens is 2. The van der Waals surface area contributed by atoms with Crippen LogP contribution < -0.4 is 5.73 Å². The average Bonchev–Trinajstić information content (AvgIpc) is 2.29. The number of nitrogens with zero attached hydrogens (tertiary/aromatic N) is 1. The monoisotopic (exact) mass is 258 g/mol. The molecule has 18 heavy (non-hydrogen) atoms. The van der Waals surface area contributed by atoms with Crippen LogP contribution in [0.1, 0.15) is 35.7 Å². The maximum absolute atomic E-state index is 13.0. The van der Waals surface area contributed by atoms with Crippen LogP contribution in [0.2, 0.25) is 0 Å². The highest BCUT2D eigenvalue weighted by molar-refractivity contribution is 5.73. The van der Waals surface area contributed by atoms with Crippen molar-refractivity contribution in [2.75, 3.05) is 6.61 Å². The van der Waals surface area contributed by atoms with Crippen molar-refractivity contribution in [3.8, 4) is 0 Å². The number of ether oxygens (including phenoxy) is 1. The van der Waals surface area contributed by atoms with Crippen LogP contribution in [-0.2, 0) is 22.5 Å². The summed E-state index contributed by atoms with van der Waals surface area (Å²) in [6, 6.07) is 0. The summed E-state index contributed by atoms with van der Waals surface area (Å²) < 4.78 is 30.8. The fourth-order valence-corrected chi connectivity index (χ4v) is 1.74. The molecule has 1 rings (SSSR count). The summed E-state index contributed by atoms with van der Waals surface area (Å²) in [5, 5.41) is 0. The van der Waals surface area contributed by atoms with Crippen LogP contribution in [0.25, 0.3) is 0 Å². The van der Waals surface area contributed by atoms with Crippen LogP contribution in [0.15, 0.2) is 6.20 Å². The van der Waals surface area contributed by atoms with E-state index in [2.05, 4.69) is 4.98 Å². The fraction of sp³-hybridized carbons (Fsp3) is 0.500. The predicted molar refractivity (Wildman–Crippen MR) is 62.2 cm³/mol. The summed E-state index contributed by atoms with van der Waals surface area (Å²) in [6.45, 7) is 3.41. The molecule has 0 fully saturated rings. The van der Waals surface area contributed by atoms with Gasteiger partial charge in [0.15, 0.2) is 0 Å². The lowest BCUT2D eigenvalue weighted by Gasteiger charge is -2.14. The molecule has 0 atom stereocenters. The van der Waals surface area contributed by atoms with Crippen LogP contribution in [0.5, 0.6) is 0 Å². The Hall–Kier alpha value is -1.56. The first-order valence-electron chi connectivity index (χ1n) is 5.62. The van der Waals surface area contributed by atoms with Crippen molar-refractivity contribution < 1.29 is 18.3 Å². The number of hydrogen-bond donors (Lipinski definition) is 1. The Morgan fingerprint density at radius 1 is 1.56 bits per heavy atom. The molecule has 4 nitrogen and oxygen atoms in total. The molecule has 0 aliphatic carbocycles. The molecule has 0 aliphatic rings. The molecule has 1 heterocycles. The van der Waals surface area contributed by atoms with Gasteiger partial charge < -0.3 is 10.5 Å². The number of aryl methyl sites for hydroxylation is 1. The third-order valence-corrected chi connectivity index (χ3v) is 2.58. The van der Waals surface area contributed by atoms with E-state index >= 15 is 0 Å². The summed E-state index contributed by atoms with van der Waals surface area (Å²) in [5.41, 5.74) is 6.16. The first-order chi connectivity index (χ1) is 8.51.